The fourth-order valence-corrected chi connectivity index (χ4v) is 4.30. The highest BCUT2D eigenvalue weighted by Crippen LogP contribution is 2.14. The number of hydrogen-bond donors (Lipinski definition) is 1. The lowest BCUT2D eigenvalue weighted by molar-refractivity contribution is -0.124. The zero-order valence-corrected chi connectivity index (χ0v) is 15.7. The topological polar surface area (TPSA) is 98.8 Å². The van der Waals surface area contributed by atoms with Crippen molar-refractivity contribution < 1.29 is 27.5 Å². The molecule has 1 N–H and O–H groups in total. The Labute approximate surface area is 154 Å². The number of ether oxygens (including phenoxy) is 2. The fraction of sp³-hybridized carbons (Fsp3) is 0.556. The molecule has 144 valence electrons. The van der Waals surface area contributed by atoms with E-state index in [1.165, 1.54) is 0 Å². The minimum absolute atomic E-state index is 0.0631. The molecule has 0 radical (unpaired) electrons. The number of unbranched alkanes of at least 4 members (excludes halogenated alkanes) is 2. The Morgan fingerprint density at radius 2 is 1.92 bits per heavy atom. The smallest absolute Gasteiger partial charge is 0.338 e. The van der Waals surface area contributed by atoms with Crippen LogP contribution in [0.15, 0.2) is 24.3 Å². The molecule has 0 aromatic heterocycles. The molecule has 1 atom stereocenters. The standard InChI is InChI=1S/C18H25NO6S/c1-2-3-4-10-24-16-7-5-14(6-8-16)18(21)25-12-17(20)19-15-9-11-26(22,23)13-15/h5-8,15H,2-4,9-13H2,1H3,(H,19,20). The third kappa shape index (κ3) is 6.67. The van der Waals surface area contributed by atoms with Gasteiger partial charge in [0, 0.05) is 6.04 Å². The van der Waals surface area contributed by atoms with E-state index in [4.69, 9.17) is 9.47 Å². The molecule has 1 heterocycles. The van der Waals surface area contributed by atoms with Crippen molar-refractivity contribution in [1.29, 1.82) is 0 Å². The summed E-state index contributed by atoms with van der Waals surface area (Å²) in [5.74, 6) is -0.428. The predicted octanol–water partition coefficient (Wildman–Crippen LogP) is 1.72. The Balaban J connectivity index is 1.72. The van der Waals surface area contributed by atoms with E-state index in [1.54, 1.807) is 24.3 Å². The van der Waals surface area contributed by atoms with Gasteiger partial charge in [-0.25, -0.2) is 13.2 Å². The first-order chi connectivity index (χ1) is 12.4. The van der Waals surface area contributed by atoms with E-state index >= 15 is 0 Å². The highest BCUT2D eigenvalue weighted by atomic mass is 32.2. The van der Waals surface area contributed by atoms with Crippen LogP contribution in [0, 0.1) is 0 Å². The highest BCUT2D eigenvalue weighted by Gasteiger charge is 2.29. The molecule has 1 aliphatic rings. The molecule has 1 fully saturated rings. The Hall–Kier alpha value is -2.09. The van der Waals surface area contributed by atoms with Crippen molar-refractivity contribution in [3.05, 3.63) is 29.8 Å². The van der Waals surface area contributed by atoms with E-state index in [-0.39, 0.29) is 11.5 Å². The molecule has 1 amide bonds. The maximum atomic E-state index is 12.0. The van der Waals surface area contributed by atoms with Crippen molar-refractivity contribution >= 4 is 21.7 Å². The lowest BCUT2D eigenvalue weighted by atomic mass is 10.2. The van der Waals surface area contributed by atoms with E-state index in [0.29, 0.717) is 24.3 Å². The zero-order chi connectivity index (χ0) is 19.0. The minimum atomic E-state index is -3.06. The van der Waals surface area contributed by atoms with Gasteiger partial charge in [-0.05, 0) is 37.1 Å². The van der Waals surface area contributed by atoms with E-state index in [2.05, 4.69) is 12.2 Å². The second-order valence-electron chi connectivity index (χ2n) is 6.32. The number of carbonyl (C=O) groups is 2. The molecule has 1 aromatic carbocycles. The Bertz CT molecular complexity index is 714. The van der Waals surface area contributed by atoms with Crippen LogP contribution >= 0.6 is 0 Å². The van der Waals surface area contributed by atoms with E-state index in [9.17, 15) is 18.0 Å². The van der Waals surface area contributed by atoms with Gasteiger partial charge in [-0.2, -0.15) is 0 Å². The maximum Gasteiger partial charge on any atom is 0.338 e. The van der Waals surface area contributed by atoms with Crippen LogP contribution in [-0.4, -0.2) is 51.1 Å². The van der Waals surface area contributed by atoms with Crippen molar-refractivity contribution in [2.75, 3.05) is 24.7 Å². The summed E-state index contributed by atoms with van der Waals surface area (Å²) < 4.78 is 33.2. The summed E-state index contributed by atoms with van der Waals surface area (Å²) in [5.41, 5.74) is 0.321. The Morgan fingerprint density at radius 3 is 2.54 bits per heavy atom. The van der Waals surface area contributed by atoms with Crippen LogP contribution in [0.5, 0.6) is 5.75 Å². The zero-order valence-electron chi connectivity index (χ0n) is 14.9. The Kier molecular flexibility index (Phi) is 7.44. The number of amides is 1. The summed E-state index contributed by atoms with van der Waals surface area (Å²) in [6, 6.07) is 6.13. The van der Waals surface area contributed by atoms with Crippen LogP contribution < -0.4 is 10.1 Å². The number of rotatable bonds is 9. The van der Waals surface area contributed by atoms with Crippen molar-refractivity contribution in [2.24, 2.45) is 0 Å². The summed E-state index contributed by atoms with van der Waals surface area (Å²) in [5, 5.41) is 2.57. The van der Waals surface area contributed by atoms with Gasteiger partial charge in [-0.1, -0.05) is 19.8 Å². The number of carbonyl (C=O) groups excluding carboxylic acids is 2. The molecule has 26 heavy (non-hydrogen) atoms. The highest BCUT2D eigenvalue weighted by molar-refractivity contribution is 7.91. The maximum absolute atomic E-state index is 12.0. The SMILES string of the molecule is CCCCCOc1ccc(C(=O)OCC(=O)NC2CCS(=O)(=O)C2)cc1. The molecular weight excluding hydrogens is 358 g/mol. The molecule has 1 aliphatic heterocycles. The average molecular weight is 383 g/mol. The normalized spacial score (nSPS) is 18.3. The quantitative estimate of drug-likeness (QED) is 0.515. The number of sulfone groups is 1. The molecular formula is C18H25NO6S. The first-order valence-electron chi connectivity index (χ1n) is 8.79. The van der Waals surface area contributed by atoms with Crippen LogP contribution in [0.4, 0.5) is 0 Å². The summed E-state index contributed by atoms with van der Waals surface area (Å²) in [4.78, 5) is 23.7. The molecule has 0 saturated carbocycles. The van der Waals surface area contributed by atoms with Crippen LogP contribution in [0.3, 0.4) is 0 Å². The van der Waals surface area contributed by atoms with E-state index in [1.807, 2.05) is 0 Å². The third-order valence-electron chi connectivity index (χ3n) is 4.04. The second-order valence-corrected chi connectivity index (χ2v) is 8.55. The molecule has 8 heteroatoms. The predicted molar refractivity (Wildman–Crippen MR) is 96.9 cm³/mol. The van der Waals surface area contributed by atoms with Crippen molar-refractivity contribution in [3.63, 3.8) is 0 Å². The summed E-state index contributed by atoms with van der Waals surface area (Å²) in [7, 11) is -3.06. The van der Waals surface area contributed by atoms with E-state index in [0.717, 1.165) is 19.3 Å². The first-order valence-corrected chi connectivity index (χ1v) is 10.6. The van der Waals surface area contributed by atoms with E-state index < -0.39 is 34.4 Å². The van der Waals surface area contributed by atoms with Crippen LogP contribution in [-0.2, 0) is 19.4 Å². The van der Waals surface area contributed by atoms with Gasteiger partial charge in [-0.15, -0.1) is 0 Å². The molecule has 0 bridgehead atoms. The number of esters is 1. The summed E-state index contributed by atoms with van der Waals surface area (Å²) in [6.07, 6.45) is 3.61. The van der Waals surface area contributed by atoms with Gasteiger partial charge >= 0.3 is 5.97 Å². The van der Waals surface area contributed by atoms with Gasteiger partial charge in [0.25, 0.3) is 5.91 Å². The summed E-state index contributed by atoms with van der Waals surface area (Å²) >= 11 is 0. The molecule has 0 aliphatic carbocycles. The molecule has 7 nitrogen and oxygen atoms in total. The Morgan fingerprint density at radius 1 is 1.19 bits per heavy atom. The first kappa shape index (κ1) is 20.2. The van der Waals surface area contributed by atoms with Crippen molar-refractivity contribution in [2.45, 2.75) is 38.6 Å². The van der Waals surface area contributed by atoms with Gasteiger partial charge in [0.2, 0.25) is 0 Å². The fourth-order valence-electron chi connectivity index (χ4n) is 2.62. The van der Waals surface area contributed by atoms with Gasteiger partial charge in [-0.3, -0.25) is 4.79 Å². The molecule has 1 aromatic rings. The van der Waals surface area contributed by atoms with Crippen LogP contribution in [0.2, 0.25) is 0 Å². The molecule has 1 saturated heterocycles. The lowest BCUT2D eigenvalue weighted by Crippen LogP contribution is -2.38. The minimum Gasteiger partial charge on any atom is -0.494 e. The molecule has 2 rings (SSSR count). The monoisotopic (exact) mass is 383 g/mol. The number of nitrogens with one attached hydrogen (secondary N) is 1. The van der Waals surface area contributed by atoms with Crippen molar-refractivity contribution in [1.82, 2.24) is 5.32 Å². The third-order valence-corrected chi connectivity index (χ3v) is 5.81. The molecule has 1 unspecified atom stereocenters. The summed E-state index contributed by atoms with van der Waals surface area (Å²) in [6.45, 7) is 2.32. The largest absolute Gasteiger partial charge is 0.494 e. The lowest BCUT2D eigenvalue weighted by Gasteiger charge is -2.11. The molecule has 0 spiro atoms. The number of hydrogen-bond acceptors (Lipinski definition) is 6. The average Bonchev–Trinajstić information content (AvgIpc) is 2.95. The van der Waals surface area contributed by atoms with Gasteiger partial charge in [0.15, 0.2) is 16.4 Å². The number of benzene rings is 1. The van der Waals surface area contributed by atoms with Crippen molar-refractivity contribution in [3.8, 4) is 5.75 Å². The van der Waals surface area contributed by atoms with Gasteiger partial charge in [0.05, 0.1) is 23.7 Å². The van der Waals surface area contributed by atoms with Gasteiger partial charge in [0.1, 0.15) is 5.75 Å². The van der Waals surface area contributed by atoms with Gasteiger partial charge < -0.3 is 14.8 Å². The van der Waals surface area contributed by atoms with Crippen LogP contribution in [0.25, 0.3) is 0 Å². The van der Waals surface area contributed by atoms with Crippen LogP contribution in [0.1, 0.15) is 43.0 Å². The second kappa shape index (κ2) is 9.56.